The second kappa shape index (κ2) is 8.13. The van der Waals surface area contributed by atoms with Crippen molar-refractivity contribution >= 4 is 46.4 Å². The van der Waals surface area contributed by atoms with Crippen molar-refractivity contribution in [1.82, 2.24) is 0 Å². The van der Waals surface area contributed by atoms with Gasteiger partial charge in [-0.2, -0.15) is 0 Å². The van der Waals surface area contributed by atoms with Gasteiger partial charge >= 0.3 is 0 Å². The Hall–Kier alpha value is -2.11. The molecule has 0 atom stereocenters. The normalized spacial score (nSPS) is 10.3. The third kappa shape index (κ3) is 4.69. The number of anilines is 2. The number of nitrogens with zero attached hydrogens (tertiary/aromatic N) is 1. The zero-order valence-electron chi connectivity index (χ0n) is 12.9. The van der Waals surface area contributed by atoms with Crippen LogP contribution in [0, 0.1) is 5.82 Å². The second-order valence-electron chi connectivity index (χ2n) is 5.04. The highest BCUT2D eigenvalue weighted by molar-refractivity contribution is 6.35. The monoisotopic (exact) mass is 368 g/mol. The smallest absolute Gasteiger partial charge is 0.226 e. The van der Waals surface area contributed by atoms with E-state index >= 15 is 0 Å². The van der Waals surface area contributed by atoms with Crippen molar-refractivity contribution < 1.29 is 14.0 Å². The third-order valence-corrected chi connectivity index (χ3v) is 3.85. The first kappa shape index (κ1) is 18.2. The molecule has 0 fully saturated rings. The fraction of sp³-hybridized carbons (Fsp3) is 0.176. The number of hydrogen-bond donors (Lipinski definition) is 1. The molecule has 0 aliphatic rings. The van der Waals surface area contributed by atoms with Gasteiger partial charge in [0, 0.05) is 24.9 Å². The lowest BCUT2D eigenvalue weighted by atomic mass is 10.2. The Morgan fingerprint density at radius 1 is 1.17 bits per heavy atom. The van der Waals surface area contributed by atoms with E-state index in [1.165, 1.54) is 36.1 Å². The first-order chi connectivity index (χ1) is 11.4. The van der Waals surface area contributed by atoms with E-state index in [9.17, 15) is 14.0 Å². The van der Waals surface area contributed by atoms with Crippen LogP contribution in [0.1, 0.15) is 13.3 Å². The summed E-state index contributed by atoms with van der Waals surface area (Å²) in [6.45, 7) is 1.36. The summed E-state index contributed by atoms with van der Waals surface area (Å²) in [5.41, 5.74) is 0.521. The molecule has 2 aromatic carbocycles. The van der Waals surface area contributed by atoms with Crippen molar-refractivity contribution in [3.05, 3.63) is 58.3 Å². The number of rotatable bonds is 5. The summed E-state index contributed by atoms with van der Waals surface area (Å²) in [6, 6.07) is 10.6. The number of carbonyl (C=O) groups excluding carboxylic acids is 2. The number of nitrogens with one attached hydrogen (secondary N) is 1. The third-order valence-electron chi connectivity index (χ3n) is 3.29. The lowest BCUT2D eigenvalue weighted by Crippen LogP contribution is -2.32. The van der Waals surface area contributed by atoms with Crippen LogP contribution in [-0.2, 0) is 9.59 Å². The van der Waals surface area contributed by atoms with E-state index in [0.717, 1.165) is 0 Å². The molecule has 4 nitrogen and oxygen atoms in total. The van der Waals surface area contributed by atoms with Gasteiger partial charge in [0.05, 0.1) is 16.4 Å². The van der Waals surface area contributed by atoms with Gasteiger partial charge < -0.3 is 10.2 Å². The van der Waals surface area contributed by atoms with Gasteiger partial charge in [-0.15, -0.1) is 0 Å². The van der Waals surface area contributed by atoms with Crippen LogP contribution in [0.15, 0.2) is 42.5 Å². The first-order valence-electron chi connectivity index (χ1n) is 7.16. The average Bonchev–Trinajstić information content (AvgIpc) is 2.52. The van der Waals surface area contributed by atoms with E-state index in [-0.39, 0.29) is 30.5 Å². The van der Waals surface area contributed by atoms with E-state index in [4.69, 9.17) is 23.2 Å². The molecule has 0 saturated heterocycles. The summed E-state index contributed by atoms with van der Waals surface area (Å²) in [5.74, 6) is -1.23. The van der Waals surface area contributed by atoms with Crippen molar-refractivity contribution in [2.45, 2.75) is 13.3 Å². The maximum absolute atomic E-state index is 13.8. The van der Waals surface area contributed by atoms with Gasteiger partial charge in [0.25, 0.3) is 0 Å². The molecule has 2 aromatic rings. The Balaban J connectivity index is 2.04. The summed E-state index contributed by atoms with van der Waals surface area (Å²) in [7, 11) is 0. The van der Waals surface area contributed by atoms with Gasteiger partial charge in [0.1, 0.15) is 5.82 Å². The molecule has 2 rings (SSSR count). The first-order valence-corrected chi connectivity index (χ1v) is 7.91. The molecular weight excluding hydrogens is 354 g/mol. The molecule has 7 heteroatoms. The van der Waals surface area contributed by atoms with Crippen LogP contribution in [0.3, 0.4) is 0 Å². The molecule has 1 N–H and O–H groups in total. The minimum Gasteiger partial charge on any atom is -0.325 e. The molecule has 0 heterocycles. The van der Waals surface area contributed by atoms with Crippen LogP contribution in [-0.4, -0.2) is 18.4 Å². The molecule has 0 bridgehead atoms. The van der Waals surface area contributed by atoms with Gasteiger partial charge in [0.2, 0.25) is 11.8 Å². The summed E-state index contributed by atoms with van der Waals surface area (Å²) >= 11 is 11.8. The van der Waals surface area contributed by atoms with E-state index in [0.29, 0.717) is 15.7 Å². The predicted octanol–water partition coefficient (Wildman–Crippen LogP) is 4.51. The van der Waals surface area contributed by atoms with Crippen molar-refractivity contribution in [3.63, 3.8) is 0 Å². The van der Waals surface area contributed by atoms with Crippen molar-refractivity contribution in [1.29, 1.82) is 0 Å². The Morgan fingerprint density at radius 2 is 1.88 bits per heavy atom. The van der Waals surface area contributed by atoms with E-state index < -0.39 is 5.82 Å². The van der Waals surface area contributed by atoms with Gasteiger partial charge in [-0.25, -0.2) is 4.39 Å². The summed E-state index contributed by atoms with van der Waals surface area (Å²) in [5, 5.41) is 3.41. The molecule has 0 aliphatic carbocycles. The minimum atomic E-state index is -0.522. The molecule has 0 spiro atoms. The average molecular weight is 369 g/mol. The fourth-order valence-corrected chi connectivity index (χ4v) is 2.47. The number of hydrogen-bond acceptors (Lipinski definition) is 2. The van der Waals surface area contributed by atoms with Gasteiger partial charge in [-0.05, 0) is 30.3 Å². The van der Waals surface area contributed by atoms with Crippen LogP contribution >= 0.6 is 23.2 Å². The maximum atomic E-state index is 13.8. The molecule has 0 radical (unpaired) electrons. The molecule has 2 amide bonds. The summed E-state index contributed by atoms with van der Waals surface area (Å²) in [4.78, 5) is 25.0. The largest absolute Gasteiger partial charge is 0.325 e. The Labute approximate surface area is 149 Å². The molecule has 126 valence electrons. The zero-order chi connectivity index (χ0) is 17.7. The van der Waals surface area contributed by atoms with Crippen LogP contribution in [0.5, 0.6) is 0 Å². The summed E-state index contributed by atoms with van der Waals surface area (Å²) < 4.78 is 13.8. The molecule has 0 aromatic heterocycles. The molecule has 0 aliphatic heterocycles. The number of amides is 2. The minimum absolute atomic E-state index is 0.0171. The lowest BCUT2D eigenvalue weighted by Gasteiger charge is -2.21. The maximum Gasteiger partial charge on any atom is 0.226 e. The van der Waals surface area contributed by atoms with E-state index in [1.54, 1.807) is 18.2 Å². The standard InChI is InChI=1S/C17H15Cl2FN2O2/c1-11(23)22(16-5-3-2-4-14(16)20)9-8-17(24)21-15-10-12(18)6-7-13(15)19/h2-7,10H,8-9H2,1H3,(H,21,24). The van der Waals surface area contributed by atoms with Crippen molar-refractivity contribution in [2.75, 3.05) is 16.8 Å². The SMILES string of the molecule is CC(=O)N(CCC(=O)Nc1cc(Cl)ccc1Cl)c1ccccc1F. The Morgan fingerprint density at radius 3 is 2.54 bits per heavy atom. The number of halogens is 3. The van der Waals surface area contributed by atoms with Crippen LogP contribution in [0.2, 0.25) is 10.0 Å². The molecule has 0 unspecified atom stereocenters. The molecular formula is C17H15Cl2FN2O2. The highest BCUT2D eigenvalue weighted by atomic mass is 35.5. The lowest BCUT2D eigenvalue weighted by molar-refractivity contribution is -0.117. The van der Waals surface area contributed by atoms with E-state index in [2.05, 4.69) is 5.32 Å². The topological polar surface area (TPSA) is 49.4 Å². The summed E-state index contributed by atoms with van der Waals surface area (Å²) in [6.07, 6.45) is -0.0171. The quantitative estimate of drug-likeness (QED) is 0.843. The number of para-hydroxylation sites is 1. The van der Waals surface area contributed by atoms with Gasteiger partial charge in [0.15, 0.2) is 0 Å². The number of carbonyl (C=O) groups is 2. The van der Waals surface area contributed by atoms with Crippen LogP contribution < -0.4 is 10.2 Å². The zero-order valence-corrected chi connectivity index (χ0v) is 14.4. The van der Waals surface area contributed by atoms with Gasteiger partial charge in [-0.1, -0.05) is 35.3 Å². The van der Waals surface area contributed by atoms with Crippen molar-refractivity contribution in [3.8, 4) is 0 Å². The van der Waals surface area contributed by atoms with Crippen LogP contribution in [0.25, 0.3) is 0 Å². The second-order valence-corrected chi connectivity index (χ2v) is 5.89. The van der Waals surface area contributed by atoms with E-state index in [1.807, 2.05) is 0 Å². The van der Waals surface area contributed by atoms with Crippen LogP contribution in [0.4, 0.5) is 15.8 Å². The molecule has 24 heavy (non-hydrogen) atoms. The van der Waals surface area contributed by atoms with Gasteiger partial charge in [-0.3, -0.25) is 9.59 Å². The fourth-order valence-electron chi connectivity index (χ4n) is 2.14. The number of benzene rings is 2. The highest BCUT2D eigenvalue weighted by Crippen LogP contribution is 2.25. The van der Waals surface area contributed by atoms with Crippen molar-refractivity contribution in [2.24, 2.45) is 0 Å². The Kier molecular flexibility index (Phi) is 6.17. The molecule has 0 saturated carbocycles. The predicted molar refractivity (Wildman–Crippen MR) is 94.1 cm³/mol. The Bertz CT molecular complexity index is 768. The highest BCUT2D eigenvalue weighted by Gasteiger charge is 2.17.